The Morgan fingerprint density at radius 2 is 2.45 bits per heavy atom. The van der Waals surface area contributed by atoms with Crippen LogP contribution in [0.4, 0.5) is 5.82 Å². The van der Waals surface area contributed by atoms with Crippen LogP contribution in [0.25, 0.3) is 0 Å². The molecule has 1 rings (SSSR count). The van der Waals surface area contributed by atoms with Gasteiger partial charge in [0.05, 0.1) is 6.07 Å². The number of carbonyl (C=O) groups is 1. The van der Waals surface area contributed by atoms with Crippen LogP contribution in [0.1, 0.15) is 17.5 Å². The van der Waals surface area contributed by atoms with Gasteiger partial charge in [-0.25, -0.2) is 0 Å². The molecule has 58 valence electrons. The first-order valence-electron chi connectivity index (χ1n) is 2.73. The van der Waals surface area contributed by atoms with Crippen LogP contribution in [0.3, 0.4) is 0 Å². The summed E-state index contributed by atoms with van der Waals surface area (Å²) >= 11 is 0. The van der Waals surface area contributed by atoms with Crippen LogP contribution < -0.4 is 0 Å². The van der Waals surface area contributed by atoms with E-state index in [4.69, 9.17) is 0 Å². The normalized spacial score (nSPS) is 9.55. The van der Waals surface area contributed by atoms with Crippen molar-refractivity contribution in [1.82, 2.24) is 5.16 Å². The number of Topliss-reactive ketones (excluding diaryl/α,β-unsaturated/α-hetero) is 1. The molecule has 1 aromatic heterocycles. The van der Waals surface area contributed by atoms with Gasteiger partial charge in [0.15, 0.2) is 5.16 Å². The fourth-order valence-electron chi connectivity index (χ4n) is 0.518. The van der Waals surface area contributed by atoms with Crippen molar-refractivity contribution >= 4 is 11.6 Å². The van der Waals surface area contributed by atoms with Crippen LogP contribution in [0.5, 0.6) is 0 Å². The first-order valence-corrected chi connectivity index (χ1v) is 2.73. The van der Waals surface area contributed by atoms with Gasteiger partial charge in [0, 0.05) is 6.92 Å². The molecule has 0 amide bonds. The van der Waals surface area contributed by atoms with E-state index in [1.807, 2.05) is 0 Å². The van der Waals surface area contributed by atoms with E-state index in [1.54, 1.807) is 0 Å². The lowest BCUT2D eigenvalue weighted by atomic mass is 10.3. The molecule has 0 unspecified atom stereocenters. The van der Waals surface area contributed by atoms with Crippen molar-refractivity contribution in [3.63, 3.8) is 0 Å². The molecule has 6 nitrogen and oxygen atoms in total. The summed E-state index contributed by atoms with van der Waals surface area (Å²) in [6.07, 6.45) is 0. The summed E-state index contributed by atoms with van der Waals surface area (Å²) < 4.78 is 4.35. The lowest BCUT2D eigenvalue weighted by molar-refractivity contribution is -0.390. The summed E-state index contributed by atoms with van der Waals surface area (Å²) in [5, 5.41) is 13.1. The fourth-order valence-corrected chi connectivity index (χ4v) is 0.518. The van der Waals surface area contributed by atoms with Gasteiger partial charge in [-0.05, 0) is 4.92 Å². The number of carbonyl (C=O) groups excluding carboxylic acids is 1. The van der Waals surface area contributed by atoms with Gasteiger partial charge in [-0.2, -0.15) is 0 Å². The van der Waals surface area contributed by atoms with Crippen molar-refractivity contribution in [1.29, 1.82) is 0 Å². The molecule has 0 saturated heterocycles. The Kier molecular flexibility index (Phi) is 1.67. The average Bonchev–Trinajstić information content (AvgIpc) is 2.33. The second-order valence-corrected chi connectivity index (χ2v) is 1.86. The SMILES string of the molecule is CC(=O)c1cc([N+](=O)[O-])no1. The molecule has 0 aliphatic rings. The van der Waals surface area contributed by atoms with E-state index in [0.717, 1.165) is 6.07 Å². The van der Waals surface area contributed by atoms with Crippen LogP contribution in [0.2, 0.25) is 0 Å². The van der Waals surface area contributed by atoms with Gasteiger partial charge in [0.1, 0.15) is 0 Å². The van der Waals surface area contributed by atoms with Crippen LogP contribution in [0, 0.1) is 10.1 Å². The minimum atomic E-state index is -0.726. The molecule has 6 heteroatoms. The molecule has 0 radical (unpaired) electrons. The van der Waals surface area contributed by atoms with E-state index in [0.29, 0.717) is 0 Å². The molecule has 0 spiro atoms. The topological polar surface area (TPSA) is 86.2 Å². The molecule has 0 atom stereocenters. The Morgan fingerprint density at radius 1 is 1.82 bits per heavy atom. The summed E-state index contributed by atoms with van der Waals surface area (Å²) in [5.74, 6) is -0.933. The molecule has 0 bridgehead atoms. The lowest BCUT2D eigenvalue weighted by Crippen LogP contribution is -1.87. The van der Waals surface area contributed by atoms with Gasteiger partial charge in [-0.15, -0.1) is 0 Å². The maximum Gasteiger partial charge on any atom is 0.414 e. The van der Waals surface area contributed by atoms with Gasteiger partial charge < -0.3 is 10.1 Å². The summed E-state index contributed by atoms with van der Waals surface area (Å²) in [7, 11) is 0. The number of ketones is 1. The monoisotopic (exact) mass is 156 g/mol. The highest BCUT2D eigenvalue weighted by Crippen LogP contribution is 2.10. The second-order valence-electron chi connectivity index (χ2n) is 1.86. The quantitative estimate of drug-likeness (QED) is 0.358. The van der Waals surface area contributed by atoms with Gasteiger partial charge in [0.25, 0.3) is 0 Å². The molecule has 0 aliphatic carbocycles. The van der Waals surface area contributed by atoms with Crippen LogP contribution in [0.15, 0.2) is 10.6 Å². The zero-order valence-corrected chi connectivity index (χ0v) is 5.60. The summed E-state index contributed by atoms with van der Waals surface area (Å²) in [6, 6.07) is 0.988. The molecule has 0 aliphatic heterocycles. The number of nitrogens with zero attached hydrogens (tertiary/aromatic N) is 2. The first kappa shape index (κ1) is 7.39. The highest BCUT2D eigenvalue weighted by atomic mass is 16.6. The molecular weight excluding hydrogens is 152 g/mol. The second kappa shape index (κ2) is 2.49. The Balaban J connectivity index is 2.99. The van der Waals surface area contributed by atoms with E-state index in [9.17, 15) is 14.9 Å². The third-order valence-electron chi connectivity index (χ3n) is 1.03. The third-order valence-corrected chi connectivity index (χ3v) is 1.03. The molecule has 1 aromatic rings. The Hall–Kier alpha value is -1.72. The van der Waals surface area contributed by atoms with Crippen molar-refractivity contribution in [3.05, 3.63) is 21.9 Å². The Morgan fingerprint density at radius 3 is 2.73 bits per heavy atom. The smallest absolute Gasteiger partial charge is 0.358 e. The average molecular weight is 156 g/mol. The van der Waals surface area contributed by atoms with Gasteiger partial charge in [-0.3, -0.25) is 9.32 Å². The number of hydrogen-bond donors (Lipinski definition) is 0. The summed E-state index contributed by atoms with van der Waals surface area (Å²) in [6.45, 7) is 1.24. The lowest BCUT2D eigenvalue weighted by Gasteiger charge is -1.80. The minimum Gasteiger partial charge on any atom is -0.358 e. The molecule has 0 fully saturated rings. The van der Waals surface area contributed by atoms with E-state index in [2.05, 4.69) is 9.68 Å². The van der Waals surface area contributed by atoms with Gasteiger partial charge >= 0.3 is 5.82 Å². The molecule has 11 heavy (non-hydrogen) atoms. The largest absolute Gasteiger partial charge is 0.414 e. The third kappa shape index (κ3) is 1.40. The van der Waals surface area contributed by atoms with Crippen LogP contribution in [-0.2, 0) is 0 Å². The standard InChI is InChI=1S/C5H4N2O4/c1-3(8)4-2-5(6-11-4)7(9)10/h2H,1H3. The van der Waals surface area contributed by atoms with Crippen molar-refractivity contribution < 1.29 is 14.2 Å². The zero-order valence-electron chi connectivity index (χ0n) is 5.60. The van der Waals surface area contributed by atoms with E-state index in [-0.39, 0.29) is 11.5 Å². The van der Waals surface area contributed by atoms with Crippen molar-refractivity contribution in [2.45, 2.75) is 6.92 Å². The maximum absolute atomic E-state index is 10.5. The summed E-state index contributed by atoms with van der Waals surface area (Å²) in [4.78, 5) is 19.8. The predicted molar refractivity (Wildman–Crippen MR) is 33.2 cm³/mol. The maximum atomic E-state index is 10.5. The molecule has 0 saturated carbocycles. The predicted octanol–water partition coefficient (Wildman–Crippen LogP) is 0.785. The van der Waals surface area contributed by atoms with Crippen molar-refractivity contribution in [2.75, 3.05) is 0 Å². The molecule has 0 N–H and O–H groups in total. The number of nitro groups is 1. The van der Waals surface area contributed by atoms with Gasteiger partial charge in [-0.1, -0.05) is 0 Å². The number of hydrogen-bond acceptors (Lipinski definition) is 5. The Labute approximate surface area is 60.9 Å². The molecule has 1 heterocycles. The molecular formula is C5H4N2O4. The molecule has 0 aromatic carbocycles. The van der Waals surface area contributed by atoms with E-state index >= 15 is 0 Å². The Bertz CT molecular complexity index is 275. The fraction of sp³-hybridized carbons (Fsp3) is 0.200. The zero-order chi connectivity index (χ0) is 8.43. The van der Waals surface area contributed by atoms with Gasteiger partial charge in [0.2, 0.25) is 11.5 Å². The van der Waals surface area contributed by atoms with E-state index < -0.39 is 10.7 Å². The highest BCUT2D eigenvalue weighted by molar-refractivity contribution is 5.91. The van der Waals surface area contributed by atoms with Crippen molar-refractivity contribution in [3.8, 4) is 0 Å². The summed E-state index contributed by atoms with van der Waals surface area (Å²) in [5.41, 5.74) is 0. The number of rotatable bonds is 2. The number of aromatic nitrogens is 1. The van der Waals surface area contributed by atoms with E-state index in [1.165, 1.54) is 6.92 Å². The van der Waals surface area contributed by atoms with Crippen LogP contribution >= 0.6 is 0 Å². The van der Waals surface area contributed by atoms with Crippen LogP contribution in [-0.4, -0.2) is 15.9 Å². The van der Waals surface area contributed by atoms with Crippen molar-refractivity contribution in [2.24, 2.45) is 0 Å². The highest BCUT2D eigenvalue weighted by Gasteiger charge is 2.17. The first-order chi connectivity index (χ1) is 5.11. The minimum absolute atomic E-state index is 0.100.